The Bertz CT molecular complexity index is 2190. The lowest BCUT2D eigenvalue weighted by atomic mass is 10.1. The van der Waals surface area contributed by atoms with Gasteiger partial charge in [-0.15, -0.1) is 0 Å². The Morgan fingerprint density at radius 2 is 1.38 bits per heavy atom. The molecule has 0 saturated heterocycles. The fourth-order valence-electron chi connectivity index (χ4n) is 5.36. The van der Waals surface area contributed by atoms with Crippen LogP contribution >= 0.6 is 0 Å². The minimum Gasteiger partial charge on any atom is -0.383 e. The molecule has 7 rings (SSSR count). The smallest absolute Gasteiger partial charge is 0.249 e. The molecule has 47 heavy (non-hydrogen) atoms. The van der Waals surface area contributed by atoms with Gasteiger partial charge in [-0.3, -0.25) is 0 Å². The molecule has 15 heteroatoms. The summed E-state index contributed by atoms with van der Waals surface area (Å²) in [5, 5.41) is 11.7. The normalized spacial score (nSPS) is 11.9. The summed E-state index contributed by atoms with van der Waals surface area (Å²) in [6, 6.07) is 11.7. The van der Waals surface area contributed by atoms with Crippen molar-refractivity contribution in [2.75, 3.05) is 22.1 Å². The van der Waals surface area contributed by atoms with E-state index in [9.17, 15) is 0 Å². The van der Waals surface area contributed by atoms with E-state index in [0.29, 0.717) is 53.1 Å². The molecule has 0 fully saturated rings. The molecule has 0 amide bonds. The van der Waals surface area contributed by atoms with Gasteiger partial charge in [0.2, 0.25) is 17.8 Å². The first-order chi connectivity index (χ1) is 22.6. The van der Waals surface area contributed by atoms with E-state index < -0.39 is 0 Å². The zero-order valence-corrected chi connectivity index (χ0v) is 27.0. The van der Waals surface area contributed by atoms with E-state index in [4.69, 9.17) is 16.0 Å². The first-order valence-electron chi connectivity index (χ1n) is 15.1. The van der Waals surface area contributed by atoms with Gasteiger partial charge in [0.05, 0.1) is 28.4 Å². The first-order valence-corrected chi connectivity index (χ1v) is 15.1. The molecule has 1 unspecified atom stereocenters. The number of aromatic amines is 1. The number of hydrogen-bond acceptors (Lipinski definition) is 14. The minimum atomic E-state index is -0.182. The zero-order valence-electron chi connectivity index (χ0n) is 27.0. The fraction of sp³-hybridized carbons (Fsp3) is 0.281. The second-order valence-corrected chi connectivity index (χ2v) is 11.3. The Labute approximate surface area is 270 Å². The second kappa shape index (κ2) is 12.8. The topological polar surface area (TPSA) is 221 Å². The largest absolute Gasteiger partial charge is 0.383 e. The number of imidazole rings is 1. The maximum atomic E-state index is 6.09. The molecular formula is C32H36N14O. The molecule has 0 radical (unpaired) electrons. The molecule has 240 valence electrons. The van der Waals surface area contributed by atoms with Gasteiger partial charge >= 0.3 is 0 Å². The van der Waals surface area contributed by atoms with E-state index in [1.807, 2.05) is 71.0 Å². The van der Waals surface area contributed by atoms with Crippen LogP contribution in [0.5, 0.6) is 0 Å². The maximum Gasteiger partial charge on any atom is 0.249 e. The third kappa shape index (κ3) is 6.68. The standard InChI is InChI=1S/C17H17N7.C15H19N7O/c1-9-7-10(2)20-16-14(9)15(18)23-17(24-16)19-8-13-21-11-5-3-4-6-12(11)22-13;1-5-10(14-18-9(4)22-23-14)19-15-20-12(16)11-7(2)6-8(3)17-13(11)21-15/h3-7H,8H2,1-2H3,(H,21,22)(H3,18,19,20,23,24);6,10H,5H2,1-4H3,(H3,16,17,19,20,21). The molecule has 15 nitrogen and oxygen atoms in total. The SMILES string of the molecule is CCC(Nc1nc(N)c2c(C)cc(C)nc2n1)c1nc(C)no1.Cc1cc(C)c2c(N)nc(NCc3nc4ccccc4[nH]3)nc2n1. The Kier molecular flexibility index (Phi) is 8.44. The second-order valence-electron chi connectivity index (χ2n) is 11.3. The molecule has 7 N–H and O–H groups in total. The van der Waals surface area contributed by atoms with Crippen LogP contribution in [0.4, 0.5) is 23.5 Å². The highest BCUT2D eigenvalue weighted by Crippen LogP contribution is 2.26. The number of fused-ring (bicyclic) bond motifs is 3. The van der Waals surface area contributed by atoms with Crippen molar-refractivity contribution in [3.05, 3.63) is 76.5 Å². The molecule has 0 spiro atoms. The number of aromatic nitrogens is 10. The number of nitrogens with one attached hydrogen (secondary N) is 3. The summed E-state index contributed by atoms with van der Waals surface area (Å²) >= 11 is 0. The van der Waals surface area contributed by atoms with Crippen molar-refractivity contribution in [2.24, 2.45) is 0 Å². The Hall–Kier alpha value is -5.99. The number of benzene rings is 1. The van der Waals surface area contributed by atoms with Crippen LogP contribution in [-0.2, 0) is 6.54 Å². The van der Waals surface area contributed by atoms with Crippen LogP contribution in [0.1, 0.15) is 59.4 Å². The van der Waals surface area contributed by atoms with Crippen LogP contribution in [0.3, 0.4) is 0 Å². The van der Waals surface area contributed by atoms with Crippen LogP contribution < -0.4 is 22.1 Å². The zero-order chi connectivity index (χ0) is 33.2. The summed E-state index contributed by atoms with van der Waals surface area (Å²) in [6.07, 6.45) is 0.739. The molecule has 0 aliphatic rings. The summed E-state index contributed by atoms with van der Waals surface area (Å²) in [5.41, 5.74) is 19.1. The van der Waals surface area contributed by atoms with E-state index in [0.717, 1.165) is 56.6 Å². The molecule has 7 aromatic rings. The molecule has 0 saturated carbocycles. The van der Waals surface area contributed by atoms with Gasteiger partial charge in [0.25, 0.3) is 0 Å². The summed E-state index contributed by atoms with van der Waals surface area (Å²) in [7, 11) is 0. The highest BCUT2D eigenvalue weighted by Gasteiger charge is 2.19. The van der Waals surface area contributed by atoms with Crippen molar-refractivity contribution in [3.8, 4) is 0 Å². The number of nitrogens with two attached hydrogens (primary N) is 2. The summed E-state index contributed by atoms with van der Waals surface area (Å²) in [6.45, 7) is 12.1. The summed E-state index contributed by atoms with van der Waals surface area (Å²) in [5.74, 6) is 3.57. The molecular weight excluding hydrogens is 596 g/mol. The predicted molar refractivity (Wildman–Crippen MR) is 182 cm³/mol. The van der Waals surface area contributed by atoms with Crippen molar-refractivity contribution in [3.63, 3.8) is 0 Å². The molecule has 1 aromatic carbocycles. The van der Waals surface area contributed by atoms with Gasteiger partial charge in [0.1, 0.15) is 23.5 Å². The molecule has 0 aliphatic carbocycles. The lowest BCUT2D eigenvalue weighted by Crippen LogP contribution is -2.14. The Morgan fingerprint density at radius 3 is 1.98 bits per heavy atom. The Balaban J connectivity index is 0.000000165. The Morgan fingerprint density at radius 1 is 0.766 bits per heavy atom. The van der Waals surface area contributed by atoms with E-state index in [1.54, 1.807) is 6.92 Å². The third-order valence-corrected chi connectivity index (χ3v) is 7.45. The van der Waals surface area contributed by atoms with E-state index in [-0.39, 0.29) is 6.04 Å². The molecule has 1 atom stereocenters. The molecule has 6 heterocycles. The summed E-state index contributed by atoms with van der Waals surface area (Å²) in [4.78, 5) is 38.5. The highest BCUT2D eigenvalue weighted by atomic mass is 16.5. The van der Waals surface area contributed by atoms with Crippen LogP contribution in [0.2, 0.25) is 0 Å². The van der Waals surface area contributed by atoms with E-state index in [2.05, 4.69) is 60.6 Å². The number of para-hydroxylation sites is 2. The first kappa shape index (κ1) is 31.0. The number of hydrogen-bond donors (Lipinski definition) is 5. The van der Waals surface area contributed by atoms with Crippen molar-refractivity contribution < 1.29 is 4.52 Å². The number of nitrogens with zero attached hydrogens (tertiary/aromatic N) is 9. The van der Waals surface area contributed by atoms with Gasteiger partial charge in [-0.2, -0.15) is 24.9 Å². The van der Waals surface area contributed by atoms with Crippen molar-refractivity contribution >= 4 is 56.6 Å². The highest BCUT2D eigenvalue weighted by molar-refractivity contribution is 5.90. The molecule has 0 aliphatic heterocycles. The number of pyridine rings is 2. The predicted octanol–water partition coefficient (Wildman–Crippen LogP) is 5.19. The number of anilines is 4. The summed E-state index contributed by atoms with van der Waals surface area (Å²) < 4.78 is 5.22. The number of aryl methyl sites for hydroxylation is 5. The van der Waals surface area contributed by atoms with Gasteiger partial charge in [-0.1, -0.05) is 24.2 Å². The lowest BCUT2D eigenvalue weighted by Gasteiger charge is -2.14. The fourth-order valence-corrected chi connectivity index (χ4v) is 5.36. The molecule has 0 bridgehead atoms. The van der Waals surface area contributed by atoms with Gasteiger partial charge in [0.15, 0.2) is 17.1 Å². The average Bonchev–Trinajstić information content (AvgIpc) is 3.64. The minimum absolute atomic E-state index is 0.182. The van der Waals surface area contributed by atoms with Crippen molar-refractivity contribution in [1.82, 2.24) is 50.0 Å². The van der Waals surface area contributed by atoms with Crippen LogP contribution in [-0.4, -0.2) is 50.0 Å². The van der Waals surface area contributed by atoms with Gasteiger partial charge in [-0.25, -0.2) is 15.0 Å². The number of nitrogen functional groups attached to an aromatic ring is 2. The van der Waals surface area contributed by atoms with Gasteiger partial charge < -0.3 is 31.6 Å². The third-order valence-electron chi connectivity index (χ3n) is 7.45. The monoisotopic (exact) mass is 632 g/mol. The van der Waals surface area contributed by atoms with E-state index >= 15 is 0 Å². The number of rotatable bonds is 7. The van der Waals surface area contributed by atoms with Crippen molar-refractivity contribution in [1.29, 1.82) is 0 Å². The maximum absolute atomic E-state index is 6.09. The lowest BCUT2D eigenvalue weighted by molar-refractivity contribution is 0.356. The molecule has 6 aromatic heterocycles. The van der Waals surface area contributed by atoms with Crippen LogP contribution in [0, 0.1) is 34.6 Å². The van der Waals surface area contributed by atoms with Crippen LogP contribution in [0.25, 0.3) is 33.1 Å². The van der Waals surface area contributed by atoms with Crippen molar-refractivity contribution in [2.45, 2.75) is 60.5 Å². The number of H-pyrrole nitrogens is 1. The van der Waals surface area contributed by atoms with E-state index in [1.165, 1.54) is 0 Å². The van der Waals surface area contributed by atoms with Gasteiger partial charge in [-0.05, 0) is 76.4 Å². The quantitative estimate of drug-likeness (QED) is 0.153. The van der Waals surface area contributed by atoms with Crippen LogP contribution in [0.15, 0.2) is 40.9 Å². The van der Waals surface area contributed by atoms with Gasteiger partial charge in [0, 0.05) is 11.4 Å². The average molecular weight is 633 g/mol.